The minimum atomic E-state index is -0.342. The van der Waals surface area contributed by atoms with Crippen LogP contribution in [0.1, 0.15) is 30.9 Å². The van der Waals surface area contributed by atoms with E-state index in [0.717, 1.165) is 47.9 Å². The SMILES string of the molecule is CCNC(=NCc1cccc(NC(=O)C2CCCO2)c1)N(C)Cc1ccccc1OC. The van der Waals surface area contributed by atoms with Gasteiger partial charge in [-0.05, 0) is 43.5 Å². The van der Waals surface area contributed by atoms with Gasteiger partial charge in [-0.3, -0.25) is 4.79 Å². The minimum Gasteiger partial charge on any atom is -0.496 e. The van der Waals surface area contributed by atoms with Gasteiger partial charge in [0.25, 0.3) is 5.91 Å². The van der Waals surface area contributed by atoms with Crippen molar-refractivity contribution in [3.63, 3.8) is 0 Å². The van der Waals surface area contributed by atoms with Crippen LogP contribution in [0.2, 0.25) is 0 Å². The normalized spacial score (nSPS) is 16.1. The molecule has 1 atom stereocenters. The lowest BCUT2D eigenvalue weighted by molar-refractivity contribution is -0.124. The standard InChI is InChI=1S/C24H32N4O3/c1-4-25-24(28(2)17-19-10-5-6-12-21(19)30-3)26-16-18-9-7-11-20(15-18)27-23(29)22-13-8-14-31-22/h5-7,9-12,15,22H,4,8,13-14,16-17H2,1-3H3,(H,25,26)(H,27,29). The second kappa shape index (κ2) is 11.4. The number of aliphatic imine (C=N–C) groups is 1. The zero-order valence-electron chi connectivity index (χ0n) is 18.6. The van der Waals surface area contributed by atoms with Gasteiger partial charge in [-0.15, -0.1) is 0 Å². The third kappa shape index (κ3) is 6.46. The van der Waals surface area contributed by atoms with E-state index in [1.165, 1.54) is 0 Å². The highest BCUT2D eigenvalue weighted by molar-refractivity contribution is 5.94. The highest BCUT2D eigenvalue weighted by Crippen LogP contribution is 2.19. The number of hydrogen-bond acceptors (Lipinski definition) is 4. The van der Waals surface area contributed by atoms with Crippen molar-refractivity contribution in [1.82, 2.24) is 10.2 Å². The van der Waals surface area contributed by atoms with Crippen LogP contribution in [0, 0.1) is 0 Å². The van der Waals surface area contributed by atoms with Crippen LogP contribution in [-0.2, 0) is 22.6 Å². The Morgan fingerprint density at radius 3 is 2.84 bits per heavy atom. The van der Waals surface area contributed by atoms with Crippen molar-refractivity contribution in [1.29, 1.82) is 0 Å². The number of carbonyl (C=O) groups is 1. The van der Waals surface area contributed by atoms with Gasteiger partial charge in [-0.1, -0.05) is 30.3 Å². The summed E-state index contributed by atoms with van der Waals surface area (Å²) in [4.78, 5) is 19.2. The summed E-state index contributed by atoms with van der Waals surface area (Å²) in [6.07, 6.45) is 1.37. The molecule has 0 aromatic heterocycles. The van der Waals surface area contributed by atoms with Crippen molar-refractivity contribution < 1.29 is 14.3 Å². The maximum Gasteiger partial charge on any atom is 0.253 e. The molecule has 7 heteroatoms. The second-order valence-corrected chi connectivity index (χ2v) is 7.53. The molecule has 166 valence electrons. The zero-order valence-corrected chi connectivity index (χ0v) is 18.6. The molecule has 1 unspecified atom stereocenters. The Morgan fingerprint density at radius 1 is 1.26 bits per heavy atom. The van der Waals surface area contributed by atoms with E-state index in [9.17, 15) is 4.79 Å². The summed E-state index contributed by atoms with van der Waals surface area (Å²) in [5.41, 5.74) is 2.88. The lowest BCUT2D eigenvalue weighted by Gasteiger charge is -2.23. The van der Waals surface area contributed by atoms with Crippen molar-refractivity contribution in [3.8, 4) is 5.75 Å². The number of rotatable bonds is 8. The Morgan fingerprint density at radius 2 is 2.10 bits per heavy atom. The lowest BCUT2D eigenvalue weighted by Crippen LogP contribution is -2.38. The molecule has 1 amide bonds. The second-order valence-electron chi connectivity index (χ2n) is 7.53. The molecule has 2 aromatic rings. The summed E-state index contributed by atoms with van der Waals surface area (Å²) in [7, 11) is 3.69. The van der Waals surface area contributed by atoms with Gasteiger partial charge < -0.3 is 25.0 Å². The highest BCUT2D eigenvalue weighted by atomic mass is 16.5. The topological polar surface area (TPSA) is 75.2 Å². The number of benzene rings is 2. The number of guanidine groups is 1. The maximum absolute atomic E-state index is 12.3. The van der Waals surface area contributed by atoms with Crippen LogP contribution in [0.4, 0.5) is 5.69 Å². The lowest BCUT2D eigenvalue weighted by atomic mass is 10.2. The first-order chi connectivity index (χ1) is 15.1. The highest BCUT2D eigenvalue weighted by Gasteiger charge is 2.23. The number of nitrogens with one attached hydrogen (secondary N) is 2. The molecule has 0 radical (unpaired) electrons. The average molecular weight is 425 g/mol. The molecule has 0 saturated carbocycles. The third-order valence-electron chi connectivity index (χ3n) is 5.12. The Balaban J connectivity index is 1.66. The van der Waals surface area contributed by atoms with Gasteiger partial charge in [0.2, 0.25) is 0 Å². The number of hydrogen-bond donors (Lipinski definition) is 2. The predicted molar refractivity (Wildman–Crippen MR) is 123 cm³/mol. The molecule has 1 heterocycles. The van der Waals surface area contributed by atoms with Gasteiger partial charge in [0.15, 0.2) is 5.96 Å². The van der Waals surface area contributed by atoms with Gasteiger partial charge in [-0.2, -0.15) is 0 Å². The molecule has 31 heavy (non-hydrogen) atoms. The molecule has 2 N–H and O–H groups in total. The molecule has 7 nitrogen and oxygen atoms in total. The van der Waals surface area contributed by atoms with Crippen LogP contribution in [0.15, 0.2) is 53.5 Å². The smallest absolute Gasteiger partial charge is 0.253 e. The van der Waals surface area contributed by atoms with Gasteiger partial charge in [0.1, 0.15) is 11.9 Å². The van der Waals surface area contributed by atoms with Crippen LogP contribution in [-0.4, -0.2) is 50.2 Å². The van der Waals surface area contributed by atoms with E-state index in [1.807, 2.05) is 56.4 Å². The van der Waals surface area contributed by atoms with Gasteiger partial charge in [-0.25, -0.2) is 4.99 Å². The van der Waals surface area contributed by atoms with E-state index in [-0.39, 0.29) is 12.0 Å². The fourth-order valence-electron chi connectivity index (χ4n) is 3.55. The molecule has 1 aliphatic heterocycles. The van der Waals surface area contributed by atoms with E-state index in [4.69, 9.17) is 14.5 Å². The van der Waals surface area contributed by atoms with E-state index in [2.05, 4.69) is 21.6 Å². The monoisotopic (exact) mass is 424 g/mol. The van der Waals surface area contributed by atoms with Crippen molar-refractivity contribution in [3.05, 3.63) is 59.7 Å². The van der Waals surface area contributed by atoms with Crippen molar-refractivity contribution in [2.45, 2.75) is 39.0 Å². The summed E-state index contributed by atoms with van der Waals surface area (Å²) < 4.78 is 10.9. The van der Waals surface area contributed by atoms with Crippen LogP contribution >= 0.6 is 0 Å². The summed E-state index contributed by atoms with van der Waals surface area (Å²) in [6.45, 7) is 4.65. The molecule has 3 rings (SSSR count). The number of methoxy groups -OCH3 is 1. The molecule has 0 spiro atoms. The van der Waals surface area contributed by atoms with Crippen LogP contribution in [0.25, 0.3) is 0 Å². The molecular formula is C24H32N4O3. The third-order valence-corrected chi connectivity index (χ3v) is 5.12. The Kier molecular flexibility index (Phi) is 8.29. The van der Waals surface area contributed by atoms with Crippen molar-refractivity contribution in [2.24, 2.45) is 4.99 Å². The number of carbonyl (C=O) groups excluding carboxylic acids is 1. The summed E-state index contributed by atoms with van der Waals surface area (Å²) in [5.74, 6) is 1.59. The maximum atomic E-state index is 12.3. The molecular weight excluding hydrogens is 392 g/mol. The summed E-state index contributed by atoms with van der Waals surface area (Å²) in [5, 5.41) is 6.30. The number of anilines is 1. The average Bonchev–Trinajstić information content (AvgIpc) is 3.32. The van der Waals surface area contributed by atoms with E-state index < -0.39 is 0 Å². The molecule has 1 aliphatic rings. The van der Waals surface area contributed by atoms with Gasteiger partial charge >= 0.3 is 0 Å². The van der Waals surface area contributed by atoms with Gasteiger partial charge in [0.05, 0.1) is 13.7 Å². The first kappa shape index (κ1) is 22.6. The fraction of sp³-hybridized carbons (Fsp3) is 0.417. The quantitative estimate of drug-likeness (QED) is 0.502. The fourth-order valence-corrected chi connectivity index (χ4v) is 3.55. The van der Waals surface area contributed by atoms with Crippen molar-refractivity contribution >= 4 is 17.6 Å². The summed E-state index contributed by atoms with van der Waals surface area (Å²) in [6, 6.07) is 15.8. The minimum absolute atomic E-state index is 0.0805. The van der Waals surface area contributed by atoms with Crippen LogP contribution in [0.3, 0.4) is 0 Å². The molecule has 1 fully saturated rings. The van der Waals surface area contributed by atoms with E-state index in [0.29, 0.717) is 19.7 Å². The van der Waals surface area contributed by atoms with E-state index >= 15 is 0 Å². The predicted octanol–water partition coefficient (Wildman–Crippen LogP) is 3.41. The molecule has 0 aliphatic carbocycles. The largest absolute Gasteiger partial charge is 0.496 e. The van der Waals surface area contributed by atoms with Crippen molar-refractivity contribution in [2.75, 3.05) is 32.6 Å². The molecule has 1 saturated heterocycles. The summed E-state index contributed by atoms with van der Waals surface area (Å²) >= 11 is 0. The van der Waals surface area contributed by atoms with Crippen LogP contribution < -0.4 is 15.4 Å². The number of nitrogens with zero attached hydrogens (tertiary/aromatic N) is 2. The Hall–Kier alpha value is -3.06. The first-order valence-electron chi connectivity index (χ1n) is 10.7. The van der Waals surface area contributed by atoms with Crippen LogP contribution in [0.5, 0.6) is 5.75 Å². The Bertz CT molecular complexity index is 894. The number of amides is 1. The zero-order chi connectivity index (χ0) is 22.1. The number of para-hydroxylation sites is 1. The number of ether oxygens (including phenoxy) is 2. The molecule has 2 aromatic carbocycles. The molecule has 0 bridgehead atoms. The van der Waals surface area contributed by atoms with Gasteiger partial charge in [0, 0.05) is 38.0 Å². The van der Waals surface area contributed by atoms with E-state index in [1.54, 1.807) is 7.11 Å². The first-order valence-corrected chi connectivity index (χ1v) is 10.7. The Labute approximate surface area is 184 Å².